The maximum Gasteiger partial charge on any atom is 0.127 e. The van der Waals surface area contributed by atoms with Crippen LogP contribution in [0.1, 0.15) is 10.4 Å². The molecular formula is C11H11ClOS. The molecule has 0 atom stereocenters. The zero-order chi connectivity index (χ0) is 10.1. The van der Waals surface area contributed by atoms with E-state index in [1.165, 1.54) is 20.5 Å². The van der Waals surface area contributed by atoms with Gasteiger partial charge in [0.2, 0.25) is 0 Å². The third-order valence-corrected chi connectivity index (χ3v) is 3.63. The number of fused-ring (bicyclic) bond motifs is 1. The van der Waals surface area contributed by atoms with Crippen molar-refractivity contribution in [2.75, 3.05) is 7.11 Å². The lowest BCUT2D eigenvalue weighted by Crippen LogP contribution is -1.85. The van der Waals surface area contributed by atoms with Crippen molar-refractivity contribution in [1.29, 1.82) is 0 Å². The second-order valence-corrected chi connectivity index (χ2v) is 4.68. The second kappa shape index (κ2) is 3.79. The fourth-order valence-electron chi connectivity index (χ4n) is 1.56. The molecule has 0 aliphatic heterocycles. The molecule has 0 fully saturated rings. The van der Waals surface area contributed by atoms with Crippen LogP contribution in [0.2, 0.25) is 0 Å². The number of halogens is 1. The topological polar surface area (TPSA) is 9.23 Å². The van der Waals surface area contributed by atoms with E-state index in [-0.39, 0.29) is 0 Å². The van der Waals surface area contributed by atoms with Crippen LogP contribution in [0.4, 0.5) is 0 Å². The first-order valence-electron chi connectivity index (χ1n) is 4.38. The predicted octanol–water partition coefficient (Wildman–Crippen LogP) is 3.96. The number of ether oxygens (including phenoxy) is 1. The standard InChI is InChI=1S/C11H11ClOS/c1-7-5-9-10(13-2)4-3-8(6-12)11(9)14-7/h3-5H,6H2,1-2H3. The van der Waals surface area contributed by atoms with E-state index in [9.17, 15) is 0 Å². The van der Waals surface area contributed by atoms with E-state index in [0.29, 0.717) is 5.88 Å². The first-order chi connectivity index (χ1) is 6.76. The minimum atomic E-state index is 0.556. The summed E-state index contributed by atoms with van der Waals surface area (Å²) in [5.41, 5.74) is 1.18. The van der Waals surface area contributed by atoms with Crippen LogP contribution in [0, 0.1) is 6.92 Å². The molecule has 2 rings (SSSR count). The van der Waals surface area contributed by atoms with Crippen LogP contribution in [0.25, 0.3) is 10.1 Å². The van der Waals surface area contributed by atoms with Crippen LogP contribution in [0.5, 0.6) is 5.75 Å². The Hall–Kier alpha value is -0.730. The SMILES string of the molecule is COc1ccc(CCl)c2sc(C)cc12. The van der Waals surface area contributed by atoms with Gasteiger partial charge < -0.3 is 4.74 Å². The summed E-state index contributed by atoms with van der Waals surface area (Å²) in [7, 11) is 1.70. The maximum absolute atomic E-state index is 5.88. The van der Waals surface area contributed by atoms with Crippen molar-refractivity contribution in [3.63, 3.8) is 0 Å². The molecule has 14 heavy (non-hydrogen) atoms. The Kier molecular flexibility index (Phi) is 2.66. The summed E-state index contributed by atoms with van der Waals surface area (Å²) in [4.78, 5) is 1.29. The van der Waals surface area contributed by atoms with E-state index in [0.717, 1.165) is 5.75 Å². The Morgan fingerprint density at radius 3 is 2.86 bits per heavy atom. The molecule has 74 valence electrons. The molecule has 1 aromatic heterocycles. The molecule has 0 bridgehead atoms. The number of benzene rings is 1. The summed E-state index contributed by atoms with van der Waals surface area (Å²) < 4.78 is 6.55. The molecule has 0 aliphatic rings. The van der Waals surface area contributed by atoms with Crippen LogP contribution in [0.15, 0.2) is 18.2 Å². The quantitative estimate of drug-likeness (QED) is 0.705. The molecule has 0 radical (unpaired) electrons. The summed E-state index contributed by atoms with van der Waals surface area (Å²) in [5.74, 6) is 1.48. The minimum Gasteiger partial charge on any atom is -0.496 e. The Morgan fingerprint density at radius 1 is 1.43 bits per heavy atom. The fraction of sp³-hybridized carbons (Fsp3) is 0.273. The molecule has 1 aromatic carbocycles. The van der Waals surface area contributed by atoms with Gasteiger partial charge >= 0.3 is 0 Å². The van der Waals surface area contributed by atoms with Gasteiger partial charge in [-0.25, -0.2) is 0 Å². The normalized spacial score (nSPS) is 10.8. The summed E-state index contributed by atoms with van der Waals surface area (Å²) in [6.07, 6.45) is 0. The lowest BCUT2D eigenvalue weighted by Gasteiger charge is -2.03. The number of hydrogen-bond acceptors (Lipinski definition) is 2. The van der Waals surface area contributed by atoms with Crippen molar-refractivity contribution < 1.29 is 4.74 Å². The highest BCUT2D eigenvalue weighted by molar-refractivity contribution is 7.19. The van der Waals surface area contributed by atoms with E-state index >= 15 is 0 Å². The van der Waals surface area contributed by atoms with Gasteiger partial charge in [0.05, 0.1) is 7.11 Å². The minimum absolute atomic E-state index is 0.556. The highest BCUT2D eigenvalue weighted by atomic mass is 35.5. The molecule has 1 nitrogen and oxygen atoms in total. The molecule has 1 heterocycles. The van der Waals surface area contributed by atoms with E-state index in [4.69, 9.17) is 16.3 Å². The number of hydrogen-bond donors (Lipinski definition) is 0. The largest absolute Gasteiger partial charge is 0.496 e. The highest BCUT2D eigenvalue weighted by Crippen LogP contribution is 2.35. The summed E-state index contributed by atoms with van der Waals surface area (Å²) in [5, 5.41) is 1.17. The third-order valence-electron chi connectivity index (χ3n) is 2.21. The molecular weight excluding hydrogens is 216 g/mol. The fourth-order valence-corrected chi connectivity index (χ4v) is 2.90. The zero-order valence-electron chi connectivity index (χ0n) is 8.13. The van der Waals surface area contributed by atoms with Crippen molar-refractivity contribution in [3.05, 3.63) is 28.6 Å². The Labute approximate surface area is 92.3 Å². The van der Waals surface area contributed by atoms with Crippen LogP contribution in [0.3, 0.4) is 0 Å². The zero-order valence-corrected chi connectivity index (χ0v) is 9.71. The molecule has 2 aromatic rings. The van der Waals surface area contributed by atoms with E-state index in [1.54, 1.807) is 18.4 Å². The van der Waals surface area contributed by atoms with Crippen molar-refractivity contribution in [3.8, 4) is 5.75 Å². The van der Waals surface area contributed by atoms with Gasteiger partial charge in [-0.15, -0.1) is 22.9 Å². The molecule has 0 unspecified atom stereocenters. The van der Waals surface area contributed by atoms with Gasteiger partial charge in [-0.1, -0.05) is 6.07 Å². The number of thiophene rings is 1. The second-order valence-electron chi connectivity index (χ2n) is 3.16. The lowest BCUT2D eigenvalue weighted by atomic mass is 10.1. The summed E-state index contributed by atoms with van der Waals surface area (Å²) >= 11 is 7.64. The molecule has 0 spiro atoms. The molecule has 0 aliphatic carbocycles. The third kappa shape index (κ3) is 1.49. The Balaban J connectivity index is 2.77. The van der Waals surface area contributed by atoms with Crippen molar-refractivity contribution >= 4 is 33.0 Å². The average molecular weight is 227 g/mol. The first-order valence-corrected chi connectivity index (χ1v) is 5.73. The van der Waals surface area contributed by atoms with Gasteiger partial charge in [0.25, 0.3) is 0 Å². The van der Waals surface area contributed by atoms with Gasteiger partial charge in [-0.3, -0.25) is 0 Å². The van der Waals surface area contributed by atoms with Gasteiger partial charge in [0.15, 0.2) is 0 Å². The van der Waals surface area contributed by atoms with Gasteiger partial charge in [-0.2, -0.15) is 0 Å². The van der Waals surface area contributed by atoms with Crippen LogP contribution in [-0.2, 0) is 5.88 Å². The number of alkyl halides is 1. The van der Waals surface area contributed by atoms with E-state index < -0.39 is 0 Å². The maximum atomic E-state index is 5.88. The molecule has 0 N–H and O–H groups in total. The monoisotopic (exact) mass is 226 g/mol. The van der Waals surface area contributed by atoms with E-state index in [2.05, 4.69) is 13.0 Å². The van der Waals surface area contributed by atoms with Crippen LogP contribution < -0.4 is 4.74 Å². The van der Waals surface area contributed by atoms with Crippen LogP contribution in [-0.4, -0.2) is 7.11 Å². The predicted molar refractivity (Wildman–Crippen MR) is 62.7 cm³/mol. The average Bonchev–Trinajstić information content (AvgIpc) is 2.57. The first kappa shape index (κ1) is 9.81. The smallest absolute Gasteiger partial charge is 0.127 e. The molecule has 0 saturated heterocycles. The lowest BCUT2D eigenvalue weighted by molar-refractivity contribution is 0.420. The van der Waals surface area contributed by atoms with Gasteiger partial charge in [0, 0.05) is 20.8 Å². The summed E-state index contributed by atoms with van der Waals surface area (Å²) in [6.45, 7) is 2.10. The Morgan fingerprint density at radius 2 is 2.21 bits per heavy atom. The summed E-state index contributed by atoms with van der Waals surface area (Å²) in [6, 6.07) is 6.16. The van der Waals surface area contributed by atoms with Crippen molar-refractivity contribution in [1.82, 2.24) is 0 Å². The van der Waals surface area contributed by atoms with Crippen molar-refractivity contribution in [2.45, 2.75) is 12.8 Å². The molecule has 0 amide bonds. The highest BCUT2D eigenvalue weighted by Gasteiger charge is 2.08. The van der Waals surface area contributed by atoms with Crippen LogP contribution >= 0.6 is 22.9 Å². The Bertz CT molecular complexity index is 421. The van der Waals surface area contributed by atoms with Gasteiger partial charge in [0.1, 0.15) is 5.75 Å². The molecule has 0 saturated carbocycles. The van der Waals surface area contributed by atoms with Crippen molar-refractivity contribution in [2.24, 2.45) is 0 Å². The number of rotatable bonds is 2. The number of aryl methyl sites for hydroxylation is 1. The number of methoxy groups -OCH3 is 1. The van der Waals surface area contributed by atoms with Gasteiger partial charge in [-0.05, 0) is 24.6 Å². The van der Waals surface area contributed by atoms with E-state index in [1.807, 2.05) is 12.1 Å². The molecule has 3 heteroatoms.